The summed E-state index contributed by atoms with van der Waals surface area (Å²) in [5.74, 6) is -0.0431. The van der Waals surface area contributed by atoms with Crippen LogP contribution in [0.15, 0.2) is 48.5 Å². The van der Waals surface area contributed by atoms with E-state index in [-0.39, 0.29) is 6.54 Å². The molecule has 2 aromatic carbocycles. The molecule has 3 unspecified atom stereocenters. The molecule has 1 N–H and O–H groups in total. The highest BCUT2D eigenvalue weighted by molar-refractivity contribution is 6.31. The number of hydrogen-bond acceptors (Lipinski definition) is 5. The molecular weight excluding hydrogens is 370 g/mol. The van der Waals surface area contributed by atoms with Crippen molar-refractivity contribution >= 4 is 23.5 Å². The number of esters is 1. The Bertz CT molecular complexity index is 841. The summed E-state index contributed by atoms with van der Waals surface area (Å²) in [6.07, 6.45) is -2.46. The van der Waals surface area contributed by atoms with Gasteiger partial charge in [-0.05, 0) is 37.6 Å². The maximum absolute atomic E-state index is 12.4. The van der Waals surface area contributed by atoms with E-state index in [1.165, 1.54) is 6.92 Å². The van der Waals surface area contributed by atoms with E-state index in [1.807, 2.05) is 24.3 Å². The zero-order chi connectivity index (χ0) is 19.4. The smallest absolute Gasteiger partial charge is 0.352 e. The molecular formula is C20H20ClNO5. The lowest BCUT2D eigenvalue weighted by molar-refractivity contribution is -0.166. The minimum absolute atomic E-state index is 0.243. The molecule has 7 heteroatoms. The van der Waals surface area contributed by atoms with Gasteiger partial charge < -0.3 is 19.5 Å². The number of fused-ring (bicyclic) bond motifs is 1. The minimum Gasteiger partial charge on any atom is -0.482 e. The first kappa shape index (κ1) is 19.0. The number of carbonyl (C=O) groups excluding carboxylic acids is 2. The van der Waals surface area contributed by atoms with Gasteiger partial charge in [0, 0.05) is 11.6 Å². The van der Waals surface area contributed by atoms with Crippen LogP contribution >= 0.6 is 11.6 Å². The Labute approximate surface area is 162 Å². The van der Waals surface area contributed by atoms with E-state index in [4.69, 9.17) is 25.8 Å². The number of benzene rings is 2. The summed E-state index contributed by atoms with van der Waals surface area (Å²) in [7, 11) is 0. The molecule has 2 aromatic rings. The lowest BCUT2D eigenvalue weighted by Gasteiger charge is -2.31. The standard InChI is InChI=1S/C20H20ClNO5/c1-12-18(27-17-10-6-5-9-16(17)25-12)20(24)26-13(2)19(23)22-11-14-7-3-4-8-15(14)21/h3-10,12-13,18H,11H2,1-2H3,(H,22,23). The second-order valence-electron chi connectivity index (χ2n) is 6.20. The van der Waals surface area contributed by atoms with Gasteiger partial charge in [-0.1, -0.05) is 41.9 Å². The number of amides is 1. The van der Waals surface area contributed by atoms with Crippen LogP contribution in [0.3, 0.4) is 0 Å². The summed E-state index contributed by atoms with van der Waals surface area (Å²) in [5, 5.41) is 3.26. The molecule has 0 spiro atoms. The molecule has 27 heavy (non-hydrogen) atoms. The molecule has 1 aliphatic heterocycles. The first-order chi connectivity index (χ1) is 13.0. The maximum atomic E-state index is 12.4. The highest BCUT2D eigenvalue weighted by atomic mass is 35.5. The average Bonchev–Trinajstić information content (AvgIpc) is 2.66. The van der Waals surface area contributed by atoms with Crippen molar-refractivity contribution in [2.24, 2.45) is 0 Å². The summed E-state index contributed by atoms with van der Waals surface area (Å²) in [6.45, 7) is 3.46. The molecule has 0 saturated carbocycles. The van der Waals surface area contributed by atoms with Crippen LogP contribution in [0.5, 0.6) is 11.5 Å². The number of para-hydroxylation sites is 2. The number of ether oxygens (including phenoxy) is 3. The average molecular weight is 390 g/mol. The third-order valence-electron chi connectivity index (χ3n) is 4.15. The summed E-state index contributed by atoms with van der Waals surface area (Å²) in [5.41, 5.74) is 0.778. The molecule has 6 nitrogen and oxygen atoms in total. The van der Waals surface area contributed by atoms with Crippen molar-refractivity contribution in [3.63, 3.8) is 0 Å². The lowest BCUT2D eigenvalue weighted by atomic mass is 10.2. The predicted molar refractivity (Wildman–Crippen MR) is 99.8 cm³/mol. The molecule has 142 valence electrons. The Morgan fingerprint density at radius 1 is 1.11 bits per heavy atom. The van der Waals surface area contributed by atoms with Gasteiger partial charge in [-0.25, -0.2) is 4.79 Å². The van der Waals surface area contributed by atoms with Crippen LogP contribution in [0, 0.1) is 0 Å². The normalized spacial score (nSPS) is 19.1. The van der Waals surface area contributed by atoms with Gasteiger partial charge in [0.2, 0.25) is 6.10 Å². The second kappa shape index (κ2) is 8.31. The van der Waals surface area contributed by atoms with Crippen molar-refractivity contribution in [1.29, 1.82) is 0 Å². The Morgan fingerprint density at radius 3 is 2.44 bits per heavy atom. The van der Waals surface area contributed by atoms with Crippen molar-refractivity contribution in [1.82, 2.24) is 5.32 Å². The molecule has 0 aliphatic carbocycles. The van der Waals surface area contributed by atoms with E-state index in [2.05, 4.69) is 5.32 Å². The minimum atomic E-state index is -0.979. The fourth-order valence-corrected chi connectivity index (χ4v) is 2.84. The zero-order valence-corrected chi connectivity index (χ0v) is 15.7. The van der Waals surface area contributed by atoms with Gasteiger partial charge in [-0.3, -0.25) is 4.79 Å². The maximum Gasteiger partial charge on any atom is 0.352 e. The van der Waals surface area contributed by atoms with Crippen LogP contribution < -0.4 is 14.8 Å². The van der Waals surface area contributed by atoms with Crippen LogP contribution in [-0.4, -0.2) is 30.2 Å². The lowest BCUT2D eigenvalue weighted by Crippen LogP contribution is -2.47. The van der Waals surface area contributed by atoms with Crippen molar-refractivity contribution in [3.8, 4) is 11.5 Å². The van der Waals surface area contributed by atoms with Gasteiger partial charge in [0.25, 0.3) is 5.91 Å². The van der Waals surface area contributed by atoms with Crippen molar-refractivity contribution < 1.29 is 23.8 Å². The van der Waals surface area contributed by atoms with Gasteiger partial charge in [0.15, 0.2) is 17.6 Å². The third kappa shape index (κ3) is 4.52. The van der Waals surface area contributed by atoms with E-state index in [0.29, 0.717) is 16.5 Å². The number of nitrogens with one attached hydrogen (secondary N) is 1. The van der Waals surface area contributed by atoms with Crippen LogP contribution in [0.4, 0.5) is 0 Å². The van der Waals surface area contributed by atoms with E-state index >= 15 is 0 Å². The van der Waals surface area contributed by atoms with Crippen molar-refractivity contribution in [2.75, 3.05) is 0 Å². The summed E-state index contributed by atoms with van der Waals surface area (Å²) < 4.78 is 16.6. The molecule has 1 amide bonds. The van der Waals surface area contributed by atoms with Gasteiger partial charge in [-0.15, -0.1) is 0 Å². The number of halogens is 1. The molecule has 0 fully saturated rings. The van der Waals surface area contributed by atoms with Crippen LogP contribution in [-0.2, 0) is 20.9 Å². The Balaban J connectivity index is 1.55. The molecule has 0 saturated heterocycles. The van der Waals surface area contributed by atoms with E-state index in [9.17, 15) is 9.59 Å². The molecule has 0 radical (unpaired) electrons. The summed E-state index contributed by atoms with van der Waals surface area (Å²) in [6, 6.07) is 14.3. The predicted octanol–water partition coefficient (Wildman–Crippen LogP) is 3.12. The molecule has 0 bridgehead atoms. The first-order valence-corrected chi connectivity index (χ1v) is 8.97. The topological polar surface area (TPSA) is 73.9 Å². The van der Waals surface area contributed by atoms with Crippen molar-refractivity contribution in [2.45, 2.75) is 38.7 Å². The van der Waals surface area contributed by atoms with Gasteiger partial charge in [-0.2, -0.15) is 0 Å². The van der Waals surface area contributed by atoms with E-state index < -0.39 is 30.2 Å². The van der Waals surface area contributed by atoms with Crippen molar-refractivity contribution in [3.05, 3.63) is 59.1 Å². The Hall–Kier alpha value is -2.73. The number of carbonyl (C=O) groups is 2. The van der Waals surface area contributed by atoms with E-state index in [1.54, 1.807) is 31.2 Å². The monoisotopic (exact) mass is 389 g/mol. The highest BCUT2D eigenvalue weighted by Crippen LogP contribution is 2.33. The summed E-state index contributed by atoms with van der Waals surface area (Å²) >= 11 is 6.06. The molecule has 3 rings (SSSR count). The quantitative estimate of drug-likeness (QED) is 0.795. The third-order valence-corrected chi connectivity index (χ3v) is 4.52. The fraction of sp³-hybridized carbons (Fsp3) is 0.300. The number of rotatable bonds is 5. The highest BCUT2D eigenvalue weighted by Gasteiger charge is 2.36. The zero-order valence-electron chi connectivity index (χ0n) is 15.0. The Kier molecular flexibility index (Phi) is 5.86. The molecule has 1 heterocycles. The summed E-state index contributed by atoms with van der Waals surface area (Å²) in [4.78, 5) is 24.7. The molecule has 3 atom stereocenters. The first-order valence-electron chi connectivity index (χ1n) is 8.59. The van der Waals surface area contributed by atoms with Crippen LogP contribution in [0.2, 0.25) is 5.02 Å². The largest absolute Gasteiger partial charge is 0.482 e. The van der Waals surface area contributed by atoms with Gasteiger partial charge >= 0.3 is 5.97 Å². The second-order valence-corrected chi connectivity index (χ2v) is 6.60. The number of hydrogen-bond donors (Lipinski definition) is 1. The SMILES string of the molecule is CC(OC(=O)C1Oc2ccccc2OC1C)C(=O)NCc1ccccc1Cl. The van der Waals surface area contributed by atoms with Gasteiger partial charge in [0.1, 0.15) is 6.10 Å². The molecule has 0 aromatic heterocycles. The van der Waals surface area contributed by atoms with Gasteiger partial charge in [0.05, 0.1) is 0 Å². The van der Waals surface area contributed by atoms with Crippen LogP contribution in [0.25, 0.3) is 0 Å². The fourth-order valence-electron chi connectivity index (χ4n) is 2.64. The molecule has 1 aliphatic rings. The van der Waals surface area contributed by atoms with E-state index in [0.717, 1.165) is 5.56 Å². The Morgan fingerprint density at radius 2 is 1.74 bits per heavy atom. The van der Waals surface area contributed by atoms with Crippen LogP contribution in [0.1, 0.15) is 19.4 Å².